The number of amides is 1. The molecule has 1 aliphatic carbocycles. The van der Waals surface area contributed by atoms with Crippen LogP contribution in [0, 0.1) is 5.92 Å². The number of rotatable bonds is 4. The van der Waals surface area contributed by atoms with Crippen molar-refractivity contribution in [3.63, 3.8) is 0 Å². The van der Waals surface area contributed by atoms with Gasteiger partial charge in [-0.25, -0.2) is 0 Å². The monoisotopic (exact) mass is 377 g/mol. The Bertz CT molecular complexity index is 726. The molecule has 120 valence electrons. The number of nitrogens with one attached hydrogen (secondary N) is 2. The normalized spacial score (nSPS) is 20.4. The van der Waals surface area contributed by atoms with E-state index in [1.54, 1.807) is 6.07 Å². The molecule has 2 aromatic rings. The Morgan fingerprint density at radius 2 is 2.00 bits per heavy atom. The van der Waals surface area contributed by atoms with Crippen molar-refractivity contribution in [1.82, 2.24) is 15.5 Å². The van der Waals surface area contributed by atoms with E-state index in [9.17, 15) is 9.59 Å². The zero-order valence-corrected chi connectivity index (χ0v) is 13.8. The van der Waals surface area contributed by atoms with Crippen LogP contribution in [0.4, 0.5) is 0 Å². The van der Waals surface area contributed by atoms with Crippen LogP contribution in [0.25, 0.3) is 11.3 Å². The summed E-state index contributed by atoms with van der Waals surface area (Å²) in [6.07, 6.45) is 2.11. The summed E-state index contributed by atoms with van der Waals surface area (Å²) in [7, 11) is 0. The number of benzene rings is 1. The van der Waals surface area contributed by atoms with Gasteiger partial charge < -0.3 is 10.4 Å². The first-order chi connectivity index (χ1) is 11.0. The number of aromatic amines is 1. The van der Waals surface area contributed by atoms with Crippen molar-refractivity contribution in [3.8, 4) is 11.3 Å². The van der Waals surface area contributed by atoms with E-state index in [-0.39, 0.29) is 11.9 Å². The highest BCUT2D eigenvalue weighted by atomic mass is 79.9. The molecule has 0 spiro atoms. The molecule has 0 saturated heterocycles. The first kappa shape index (κ1) is 15.7. The number of carboxylic acids is 1. The Kier molecular flexibility index (Phi) is 4.47. The lowest BCUT2D eigenvalue weighted by Crippen LogP contribution is -2.40. The summed E-state index contributed by atoms with van der Waals surface area (Å²) < 4.78 is 0.968. The van der Waals surface area contributed by atoms with Crippen LogP contribution in [0.15, 0.2) is 34.8 Å². The quantitative estimate of drug-likeness (QED) is 0.763. The molecule has 3 rings (SSSR count). The zero-order valence-electron chi connectivity index (χ0n) is 12.3. The van der Waals surface area contributed by atoms with Gasteiger partial charge >= 0.3 is 5.97 Å². The van der Waals surface area contributed by atoms with Gasteiger partial charge in [0, 0.05) is 16.1 Å². The van der Waals surface area contributed by atoms with E-state index in [4.69, 9.17) is 5.11 Å². The summed E-state index contributed by atoms with van der Waals surface area (Å²) in [6, 6.07) is 8.96. The Morgan fingerprint density at radius 1 is 1.26 bits per heavy atom. The second-order valence-electron chi connectivity index (χ2n) is 5.63. The average Bonchev–Trinajstić information content (AvgIpc) is 3.16. The molecule has 1 saturated carbocycles. The molecular formula is C16H16BrN3O3. The minimum absolute atomic E-state index is 0.320. The van der Waals surface area contributed by atoms with Crippen LogP contribution in [0.1, 0.15) is 29.8 Å². The molecule has 0 aliphatic heterocycles. The van der Waals surface area contributed by atoms with Gasteiger partial charge in [-0.05, 0) is 31.0 Å². The van der Waals surface area contributed by atoms with Crippen LogP contribution in [-0.4, -0.2) is 33.2 Å². The summed E-state index contributed by atoms with van der Waals surface area (Å²) >= 11 is 3.37. The van der Waals surface area contributed by atoms with Crippen molar-refractivity contribution in [1.29, 1.82) is 0 Å². The molecule has 1 heterocycles. The number of halogens is 1. The fraction of sp³-hybridized carbons (Fsp3) is 0.312. The van der Waals surface area contributed by atoms with Gasteiger partial charge in [-0.2, -0.15) is 5.10 Å². The fourth-order valence-electron chi connectivity index (χ4n) is 2.88. The number of hydrogen-bond acceptors (Lipinski definition) is 3. The lowest BCUT2D eigenvalue weighted by molar-refractivity contribution is -0.142. The van der Waals surface area contributed by atoms with Gasteiger partial charge in [-0.3, -0.25) is 14.7 Å². The molecule has 3 N–H and O–H groups in total. The first-order valence-electron chi connectivity index (χ1n) is 7.39. The standard InChI is InChI=1S/C16H16BrN3O3/c17-10-6-4-9(5-7-10)13-8-14(20-19-13)15(21)18-12-3-1-2-11(12)16(22)23/h4-8,11-12H,1-3H2,(H,18,21)(H,19,20)(H,22,23)/t11-,12+/m1/s1. The van der Waals surface area contributed by atoms with Gasteiger partial charge in [0.25, 0.3) is 5.91 Å². The lowest BCUT2D eigenvalue weighted by atomic mass is 10.0. The van der Waals surface area contributed by atoms with Crippen LogP contribution >= 0.6 is 15.9 Å². The van der Waals surface area contributed by atoms with Gasteiger partial charge in [0.2, 0.25) is 0 Å². The van der Waals surface area contributed by atoms with Crippen LogP contribution in [0.3, 0.4) is 0 Å². The van der Waals surface area contributed by atoms with Gasteiger partial charge in [-0.1, -0.05) is 34.5 Å². The topological polar surface area (TPSA) is 95.1 Å². The summed E-state index contributed by atoms with van der Waals surface area (Å²) in [5, 5.41) is 18.8. The van der Waals surface area contributed by atoms with E-state index in [1.165, 1.54) is 0 Å². The number of carboxylic acid groups (broad SMARTS) is 1. The molecule has 1 amide bonds. The van der Waals surface area contributed by atoms with E-state index < -0.39 is 11.9 Å². The molecule has 1 aromatic heterocycles. The molecular weight excluding hydrogens is 362 g/mol. The van der Waals surface area contributed by atoms with Crippen LogP contribution in [-0.2, 0) is 4.79 Å². The van der Waals surface area contributed by atoms with Crippen molar-refractivity contribution in [2.24, 2.45) is 5.92 Å². The maximum absolute atomic E-state index is 12.3. The highest BCUT2D eigenvalue weighted by molar-refractivity contribution is 9.10. The number of aliphatic carboxylic acids is 1. The van der Waals surface area contributed by atoms with Crippen molar-refractivity contribution >= 4 is 27.8 Å². The molecule has 0 unspecified atom stereocenters. The predicted octanol–water partition coefficient (Wildman–Crippen LogP) is 2.82. The van der Waals surface area contributed by atoms with E-state index in [0.29, 0.717) is 24.2 Å². The Labute approximate surface area is 141 Å². The Balaban J connectivity index is 1.71. The molecule has 0 bridgehead atoms. The number of aromatic nitrogens is 2. The second kappa shape index (κ2) is 6.54. The lowest BCUT2D eigenvalue weighted by Gasteiger charge is -2.16. The highest BCUT2D eigenvalue weighted by Gasteiger charge is 2.34. The van der Waals surface area contributed by atoms with Crippen LogP contribution in [0.2, 0.25) is 0 Å². The molecule has 1 aliphatic rings. The van der Waals surface area contributed by atoms with Crippen LogP contribution in [0.5, 0.6) is 0 Å². The summed E-state index contributed by atoms with van der Waals surface area (Å²) in [5.41, 5.74) is 1.90. The van der Waals surface area contributed by atoms with Gasteiger partial charge in [0.15, 0.2) is 0 Å². The number of carbonyl (C=O) groups is 2. The molecule has 7 heteroatoms. The maximum atomic E-state index is 12.3. The number of hydrogen-bond donors (Lipinski definition) is 3. The van der Waals surface area contributed by atoms with E-state index in [0.717, 1.165) is 16.5 Å². The minimum atomic E-state index is -0.854. The predicted molar refractivity (Wildman–Crippen MR) is 88.0 cm³/mol. The largest absolute Gasteiger partial charge is 0.481 e. The minimum Gasteiger partial charge on any atom is -0.481 e. The number of H-pyrrole nitrogens is 1. The molecule has 0 radical (unpaired) electrons. The van der Waals surface area contributed by atoms with E-state index >= 15 is 0 Å². The molecule has 23 heavy (non-hydrogen) atoms. The van der Waals surface area contributed by atoms with E-state index in [2.05, 4.69) is 31.4 Å². The van der Waals surface area contributed by atoms with Gasteiger partial charge in [0.1, 0.15) is 5.69 Å². The number of nitrogens with zero attached hydrogens (tertiary/aromatic N) is 1. The maximum Gasteiger partial charge on any atom is 0.308 e. The summed E-state index contributed by atoms with van der Waals surface area (Å²) in [4.78, 5) is 23.5. The van der Waals surface area contributed by atoms with Crippen molar-refractivity contribution in [2.75, 3.05) is 0 Å². The molecule has 1 aromatic carbocycles. The Morgan fingerprint density at radius 3 is 2.70 bits per heavy atom. The van der Waals surface area contributed by atoms with Gasteiger partial charge in [-0.15, -0.1) is 0 Å². The average molecular weight is 378 g/mol. The Hall–Kier alpha value is -2.15. The second-order valence-corrected chi connectivity index (χ2v) is 6.55. The van der Waals surface area contributed by atoms with E-state index in [1.807, 2.05) is 24.3 Å². The van der Waals surface area contributed by atoms with Crippen molar-refractivity contribution in [3.05, 3.63) is 40.5 Å². The zero-order chi connectivity index (χ0) is 16.4. The first-order valence-corrected chi connectivity index (χ1v) is 8.19. The van der Waals surface area contributed by atoms with Crippen molar-refractivity contribution < 1.29 is 14.7 Å². The fourth-order valence-corrected chi connectivity index (χ4v) is 3.15. The van der Waals surface area contributed by atoms with Crippen molar-refractivity contribution in [2.45, 2.75) is 25.3 Å². The summed E-state index contributed by atoms with van der Waals surface area (Å²) in [6.45, 7) is 0. The third-order valence-electron chi connectivity index (χ3n) is 4.11. The molecule has 1 fully saturated rings. The third kappa shape index (κ3) is 3.44. The highest BCUT2D eigenvalue weighted by Crippen LogP contribution is 2.26. The smallest absolute Gasteiger partial charge is 0.308 e. The SMILES string of the molecule is O=C(N[C@H]1CCC[C@H]1C(=O)O)c1cc(-c2ccc(Br)cc2)n[nH]1. The third-order valence-corrected chi connectivity index (χ3v) is 4.64. The molecule has 2 atom stereocenters. The summed E-state index contributed by atoms with van der Waals surface area (Å²) in [5.74, 6) is -1.68. The van der Waals surface area contributed by atoms with Gasteiger partial charge in [0.05, 0.1) is 11.6 Å². The van der Waals surface area contributed by atoms with Crippen LogP contribution < -0.4 is 5.32 Å². The molecule has 6 nitrogen and oxygen atoms in total. The number of carbonyl (C=O) groups excluding carboxylic acids is 1.